The lowest BCUT2D eigenvalue weighted by molar-refractivity contribution is -0.384. The van der Waals surface area contributed by atoms with Crippen LogP contribution in [0.4, 0.5) is 15.3 Å². The minimum atomic E-state index is -5.18. The van der Waals surface area contributed by atoms with Crippen molar-refractivity contribution < 1.29 is 17.2 Å². The van der Waals surface area contributed by atoms with E-state index >= 15 is 0 Å². The van der Waals surface area contributed by atoms with E-state index in [1.807, 2.05) is 0 Å². The maximum Gasteiger partial charge on any atom is 0.338 e. The highest BCUT2D eigenvalue weighted by molar-refractivity contribution is 7.88. The summed E-state index contributed by atoms with van der Waals surface area (Å²) in [6.07, 6.45) is 3.33. The number of halogens is 2. The molecule has 0 heterocycles. The average molecular weight is 375 g/mol. The van der Waals surface area contributed by atoms with E-state index in [0.29, 0.717) is 5.57 Å². The zero-order chi connectivity index (χ0) is 18.1. The molecule has 2 rings (SSSR count). The van der Waals surface area contributed by atoms with Crippen LogP contribution >= 0.6 is 11.6 Å². The smallest absolute Gasteiger partial charge is 0.321 e. The minimum Gasteiger partial charge on any atom is -0.321 e. The van der Waals surface area contributed by atoms with Crippen LogP contribution in [0.3, 0.4) is 0 Å². The lowest BCUT2D eigenvalue weighted by Crippen LogP contribution is -2.35. The van der Waals surface area contributed by atoms with Crippen LogP contribution in [0.15, 0.2) is 52.2 Å². The van der Waals surface area contributed by atoms with Crippen molar-refractivity contribution in [3.05, 3.63) is 57.1 Å². The summed E-state index contributed by atoms with van der Waals surface area (Å²) in [6.45, 7) is 1.53. The number of benzene rings is 1. The minimum absolute atomic E-state index is 0.0420. The fourth-order valence-electron chi connectivity index (χ4n) is 1.95. The molecule has 11 heteroatoms. The van der Waals surface area contributed by atoms with Gasteiger partial charge in [-0.15, -0.1) is 3.89 Å². The molecular weight excluding hydrogens is 363 g/mol. The third kappa shape index (κ3) is 3.50. The fraction of sp³-hybridized carbons (Fsp3) is 0.231. The van der Waals surface area contributed by atoms with Crippen LogP contribution in [0.1, 0.15) is 6.92 Å². The van der Waals surface area contributed by atoms with Gasteiger partial charge < -0.3 is 5.73 Å². The second-order valence-electron chi connectivity index (χ2n) is 5.06. The molecule has 0 saturated carbocycles. The van der Waals surface area contributed by atoms with Gasteiger partial charge in [0.05, 0.1) is 9.95 Å². The van der Waals surface area contributed by atoms with Gasteiger partial charge in [0.15, 0.2) is 0 Å². The number of rotatable bonds is 4. The van der Waals surface area contributed by atoms with Gasteiger partial charge in [-0.05, 0) is 25.1 Å². The molecule has 24 heavy (non-hydrogen) atoms. The fourth-order valence-corrected chi connectivity index (χ4v) is 2.87. The standard InChI is InChI=1S/C13H12ClFN4O4S/c1-8-7-13(24(15,22)23,5-4-11(8)16)18-17-12-3-2-9(19(20)21)6-10(12)14/h2-7,11H,16H2,1H3. The van der Waals surface area contributed by atoms with Gasteiger partial charge in [-0.3, -0.25) is 10.1 Å². The number of nitrogens with two attached hydrogens (primary N) is 1. The molecule has 0 fully saturated rings. The van der Waals surface area contributed by atoms with E-state index < -0.39 is 26.1 Å². The Hall–Kier alpha value is -2.17. The maximum absolute atomic E-state index is 13.8. The summed E-state index contributed by atoms with van der Waals surface area (Å²) >= 11 is 5.85. The molecule has 1 aromatic rings. The first-order valence-electron chi connectivity index (χ1n) is 6.51. The van der Waals surface area contributed by atoms with Crippen LogP contribution in [0.2, 0.25) is 5.02 Å². The van der Waals surface area contributed by atoms with Crippen LogP contribution < -0.4 is 5.73 Å². The summed E-state index contributed by atoms with van der Waals surface area (Å²) in [5.74, 6) is 0. The van der Waals surface area contributed by atoms with Crippen molar-refractivity contribution in [3.8, 4) is 0 Å². The first-order valence-corrected chi connectivity index (χ1v) is 8.27. The summed E-state index contributed by atoms with van der Waals surface area (Å²) in [7, 11) is -5.18. The van der Waals surface area contributed by atoms with Crippen LogP contribution in [0.25, 0.3) is 0 Å². The molecule has 0 aliphatic heterocycles. The topological polar surface area (TPSA) is 128 Å². The van der Waals surface area contributed by atoms with Crippen LogP contribution in [-0.4, -0.2) is 24.3 Å². The van der Waals surface area contributed by atoms with Crippen LogP contribution in [0, 0.1) is 10.1 Å². The molecular formula is C13H12ClFN4O4S. The Morgan fingerprint density at radius 3 is 2.62 bits per heavy atom. The van der Waals surface area contributed by atoms with Crippen molar-refractivity contribution in [2.75, 3.05) is 0 Å². The number of nitro groups is 1. The van der Waals surface area contributed by atoms with E-state index in [9.17, 15) is 22.4 Å². The molecule has 2 unspecified atom stereocenters. The van der Waals surface area contributed by atoms with Crippen molar-refractivity contribution in [2.45, 2.75) is 17.8 Å². The van der Waals surface area contributed by atoms with Crippen molar-refractivity contribution in [3.63, 3.8) is 0 Å². The van der Waals surface area contributed by atoms with Gasteiger partial charge in [0.25, 0.3) is 5.69 Å². The highest BCUT2D eigenvalue weighted by Crippen LogP contribution is 2.35. The number of nitro benzene ring substituents is 1. The largest absolute Gasteiger partial charge is 0.338 e. The van der Waals surface area contributed by atoms with Gasteiger partial charge in [0.1, 0.15) is 5.69 Å². The van der Waals surface area contributed by atoms with E-state index in [2.05, 4.69) is 10.2 Å². The molecule has 1 aliphatic carbocycles. The molecule has 0 bridgehead atoms. The molecule has 0 spiro atoms. The molecule has 128 valence electrons. The Morgan fingerprint density at radius 2 is 2.12 bits per heavy atom. The van der Waals surface area contributed by atoms with Gasteiger partial charge in [-0.2, -0.15) is 18.6 Å². The summed E-state index contributed by atoms with van der Waals surface area (Å²) < 4.78 is 36.8. The third-order valence-electron chi connectivity index (χ3n) is 3.35. The number of nitrogens with zero attached hydrogens (tertiary/aromatic N) is 3. The monoisotopic (exact) mass is 374 g/mol. The maximum atomic E-state index is 13.8. The zero-order valence-electron chi connectivity index (χ0n) is 12.3. The zero-order valence-corrected chi connectivity index (χ0v) is 13.8. The van der Waals surface area contributed by atoms with E-state index in [4.69, 9.17) is 17.3 Å². The third-order valence-corrected chi connectivity index (χ3v) is 4.77. The summed E-state index contributed by atoms with van der Waals surface area (Å²) in [4.78, 5) is 7.65. The van der Waals surface area contributed by atoms with Gasteiger partial charge in [0, 0.05) is 18.2 Å². The Labute approximate surface area is 141 Å². The number of hydrogen-bond acceptors (Lipinski definition) is 7. The summed E-state index contributed by atoms with van der Waals surface area (Å²) in [6, 6.07) is 2.76. The lowest BCUT2D eigenvalue weighted by atomic mass is 10.00. The first kappa shape index (κ1) is 18.2. The van der Waals surface area contributed by atoms with Crippen molar-refractivity contribution in [1.82, 2.24) is 0 Å². The van der Waals surface area contributed by atoms with Gasteiger partial charge in [-0.25, -0.2) is 0 Å². The molecule has 2 N–H and O–H groups in total. The Kier molecular flexibility index (Phi) is 4.83. The number of azo groups is 1. The molecule has 1 aliphatic rings. The number of non-ortho nitro benzene ring substituents is 1. The second-order valence-corrected chi connectivity index (χ2v) is 6.99. The first-order chi connectivity index (χ1) is 11.1. The number of hydrogen-bond donors (Lipinski definition) is 1. The van der Waals surface area contributed by atoms with E-state index in [1.54, 1.807) is 0 Å². The molecule has 0 aromatic heterocycles. The highest BCUT2D eigenvalue weighted by atomic mass is 35.5. The Morgan fingerprint density at radius 1 is 1.46 bits per heavy atom. The SMILES string of the molecule is CC1=CC(N=Nc2ccc([N+](=O)[O-])cc2Cl)(S(=O)(=O)F)C=CC1N. The molecule has 0 saturated heterocycles. The molecule has 8 nitrogen and oxygen atoms in total. The Balaban J connectivity index is 2.48. The van der Waals surface area contributed by atoms with Crippen molar-refractivity contribution in [1.29, 1.82) is 0 Å². The second kappa shape index (κ2) is 6.38. The van der Waals surface area contributed by atoms with Crippen molar-refractivity contribution in [2.24, 2.45) is 16.0 Å². The molecule has 1 aromatic carbocycles. The molecule has 2 atom stereocenters. The molecule has 0 amide bonds. The van der Waals surface area contributed by atoms with Gasteiger partial charge >= 0.3 is 10.2 Å². The predicted molar refractivity (Wildman–Crippen MR) is 86.3 cm³/mol. The van der Waals surface area contributed by atoms with Gasteiger partial charge in [-0.1, -0.05) is 23.3 Å². The normalized spacial score (nSPS) is 24.2. The van der Waals surface area contributed by atoms with Crippen LogP contribution in [-0.2, 0) is 10.2 Å². The van der Waals surface area contributed by atoms with E-state index in [1.165, 1.54) is 19.1 Å². The average Bonchev–Trinajstić information content (AvgIpc) is 2.48. The van der Waals surface area contributed by atoms with E-state index in [0.717, 1.165) is 24.3 Å². The predicted octanol–water partition coefficient (Wildman–Crippen LogP) is 3.17. The molecule has 0 radical (unpaired) electrons. The highest BCUT2D eigenvalue weighted by Gasteiger charge is 2.43. The van der Waals surface area contributed by atoms with Crippen molar-refractivity contribution >= 4 is 33.2 Å². The Bertz CT molecular complexity index is 884. The van der Waals surface area contributed by atoms with Gasteiger partial charge in [0.2, 0.25) is 4.87 Å². The summed E-state index contributed by atoms with van der Waals surface area (Å²) in [5, 5.41) is 17.7. The summed E-state index contributed by atoms with van der Waals surface area (Å²) in [5.41, 5.74) is 5.77. The van der Waals surface area contributed by atoms with Crippen LogP contribution in [0.5, 0.6) is 0 Å². The van der Waals surface area contributed by atoms with E-state index in [-0.39, 0.29) is 16.4 Å². The quantitative estimate of drug-likeness (QED) is 0.284. The lowest BCUT2D eigenvalue weighted by Gasteiger charge is -2.23.